The largest absolute Gasteiger partial charge is 0.360 e. The lowest BCUT2D eigenvalue weighted by Gasteiger charge is -2.34. The van der Waals surface area contributed by atoms with Crippen molar-refractivity contribution in [2.24, 2.45) is 0 Å². The standard InChI is InChI=1S/C13H22N4/c1-16-10-8-14-11-12(16)6-9-17(2)13-5-3-4-7-15-13/h3-5,7,12,14H,6,8-11H2,1-2H3. The lowest BCUT2D eigenvalue weighted by Crippen LogP contribution is -2.50. The van der Waals surface area contributed by atoms with E-state index in [4.69, 9.17) is 0 Å². The van der Waals surface area contributed by atoms with E-state index in [1.807, 2.05) is 18.3 Å². The number of hydrogen-bond donors (Lipinski definition) is 1. The third-order valence-electron chi connectivity index (χ3n) is 3.48. The maximum atomic E-state index is 4.36. The molecule has 4 heteroatoms. The molecule has 0 radical (unpaired) electrons. The summed E-state index contributed by atoms with van der Waals surface area (Å²) in [6.07, 6.45) is 3.02. The molecular weight excluding hydrogens is 212 g/mol. The van der Waals surface area contributed by atoms with Crippen molar-refractivity contribution in [3.63, 3.8) is 0 Å². The van der Waals surface area contributed by atoms with Crippen molar-refractivity contribution in [2.75, 3.05) is 45.2 Å². The van der Waals surface area contributed by atoms with E-state index in [0.717, 1.165) is 32.0 Å². The second-order valence-corrected chi connectivity index (χ2v) is 4.74. The summed E-state index contributed by atoms with van der Waals surface area (Å²) in [4.78, 5) is 9.03. The third kappa shape index (κ3) is 3.41. The fraction of sp³-hybridized carbons (Fsp3) is 0.615. The van der Waals surface area contributed by atoms with Crippen molar-refractivity contribution in [1.82, 2.24) is 15.2 Å². The molecule has 0 amide bonds. The molecule has 2 rings (SSSR count). The van der Waals surface area contributed by atoms with Gasteiger partial charge in [-0.2, -0.15) is 0 Å². The molecule has 1 atom stereocenters. The van der Waals surface area contributed by atoms with E-state index >= 15 is 0 Å². The Morgan fingerprint density at radius 1 is 1.53 bits per heavy atom. The molecule has 1 fully saturated rings. The van der Waals surface area contributed by atoms with Gasteiger partial charge in [0.1, 0.15) is 5.82 Å². The molecule has 0 aliphatic carbocycles. The molecule has 94 valence electrons. The molecule has 1 aliphatic rings. The molecule has 0 bridgehead atoms. The Labute approximate surface area is 104 Å². The zero-order chi connectivity index (χ0) is 12.1. The van der Waals surface area contributed by atoms with Crippen molar-refractivity contribution in [2.45, 2.75) is 12.5 Å². The molecular formula is C13H22N4. The number of aromatic nitrogens is 1. The van der Waals surface area contributed by atoms with Crippen LogP contribution in [0.1, 0.15) is 6.42 Å². The van der Waals surface area contributed by atoms with Crippen LogP contribution in [0.3, 0.4) is 0 Å². The number of likely N-dealkylation sites (N-methyl/N-ethyl adjacent to an activating group) is 1. The quantitative estimate of drug-likeness (QED) is 0.835. The van der Waals surface area contributed by atoms with Crippen molar-refractivity contribution >= 4 is 5.82 Å². The zero-order valence-corrected chi connectivity index (χ0v) is 10.8. The van der Waals surface area contributed by atoms with Crippen molar-refractivity contribution in [3.05, 3.63) is 24.4 Å². The normalized spacial score (nSPS) is 21.4. The molecule has 1 aliphatic heterocycles. The summed E-state index contributed by atoms with van der Waals surface area (Å²) in [6, 6.07) is 6.70. The molecule has 1 aromatic rings. The summed E-state index contributed by atoms with van der Waals surface area (Å²) >= 11 is 0. The highest BCUT2D eigenvalue weighted by molar-refractivity contribution is 5.36. The van der Waals surface area contributed by atoms with Gasteiger partial charge in [0.2, 0.25) is 0 Å². The molecule has 0 saturated carbocycles. The van der Waals surface area contributed by atoms with Crippen LogP contribution in [0.5, 0.6) is 0 Å². The topological polar surface area (TPSA) is 31.4 Å². The fourth-order valence-electron chi connectivity index (χ4n) is 2.22. The van der Waals surface area contributed by atoms with E-state index in [9.17, 15) is 0 Å². The van der Waals surface area contributed by atoms with Crippen LogP contribution in [0.25, 0.3) is 0 Å². The second-order valence-electron chi connectivity index (χ2n) is 4.74. The number of piperazine rings is 1. The number of rotatable bonds is 4. The monoisotopic (exact) mass is 234 g/mol. The smallest absolute Gasteiger partial charge is 0.128 e. The molecule has 17 heavy (non-hydrogen) atoms. The van der Waals surface area contributed by atoms with Gasteiger partial charge in [-0.3, -0.25) is 0 Å². The lowest BCUT2D eigenvalue weighted by molar-refractivity contribution is 0.192. The predicted octanol–water partition coefficient (Wildman–Crippen LogP) is 0.811. The Bertz CT molecular complexity index is 327. The first-order chi connectivity index (χ1) is 8.27. The van der Waals surface area contributed by atoms with Gasteiger partial charge in [-0.15, -0.1) is 0 Å². The van der Waals surface area contributed by atoms with Gasteiger partial charge in [0, 0.05) is 45.5 Å². The summed E-state index contributed by atoms with van der Waals surface area (Å²) in [5.74, 6) is 1.05. The number of pyridine rings is 1. The average molecular weight is 234 g/mol. The molecule has 2 heterocycles. The highest BCUT2D eigenvalue weighted by atomic mass is 15.2. The Morgan fingerprint density at radius 3 is 3.12 bits per heavy atom. The average Bonchev–Trinajstić information content (AvgIpc) is 2.38. The molecule has 1 saturated heterocycles. The SMILES string of the molecule is CN(CCC1CNCCN1C)c1ccccn1. The number of nitrogens with one attached hydrogen (secondary N) is 1. The Hall–Kier alpha value is -1.13. The predicted molar refractivity (Wildman–Crippen MR) is 71.4 cm³/mol. The Morgan fingerprint density at radius 2 is 2.41 bits per heavy atom. The van der Waals surface area contributed by atoms with Crippen LogP contribution in [0, 0.1) is 0 Å². The van der Waals surface area contributed by atoms with Crippen LogP contribution in [0.2, 0.25) is 0 Å². The second kappa shape index (κ2) is 5.98. The molecule has 0 aromatic carbocycles. The van der Waals surface area contributed by atoms with Gasteiger partial charge in [0.25, 0.3) is 0 Å². The number of hydrogen-bond acceptors (Lipinski definition) is 4. The maximum Gasteiger partial charge on any atom is 0.128 e. The molecule has 4 nitrogen and oxygen atoms in total. The van der Waals surface area contributed by atoms with E-state index in [2.05, 4.69) is 40.3 Å². The highest BCUT2D eigenvalue weighted by Gasteiger charge is 2.18. The van der Waals surface area contributed by atoms with Crippen LogP contribution in [0.15, 0.2) is 24.4 Å². The third-order valence-corrected chi connectivity index (χ3v) is 3.48. The fourth-order valence-corrected chi connectivity index (χ4v) is 2.22. The first kappa shape index (κ1) is 12.3. The van der Waals surface area contributed by atoms with Gasteiger partial charge >= 0.3 is 0 Å². The van der Waals surface area contributed by atoms with Crippen molar-refractivity contribution in [3.8, 4) is 0 Å². The summed E-state index contributed by atoms with van der Waals surface area (Å²) in [7, 11) is 4.32. The van der Waals surface area contributed by atoms with Gasteiger partial charge in [-0.05, 0) is 25.6 Å². The number of nitrogens with zero attached hydrogens (tertiary/aromatic N) is 3. The number of anilines is 1. The van der Waals surface area contributed by atoms with Crippen molar-refractivity contribution in [1.29, 1.82) is 0 Å². The van der Waals surface area contributed by atoms with E-state index in [1.54, 1.807) is 0 Å². The van der Waals surface area contributed by atoms with Gasteiger partial charge in [0.05, 0.1) is 0 Å². The van der Waals surface area contributed by atoms with Crippen LogP contribution in [-0.4, -0.2) is 56.2 Å². The maximum absolute atomic E-state index is 4.36. The molecule has 1 aromatic heterocycles. The van der Waals surface area contributed by atoms with Crippen molar-refractivity contribution < 1.29 is 0 Å². The van der Waals surface area contributed by atoms with Gasteiger partial charge in [-0.1, -0.05) is 6.07 Å². The van der Waals surface area contributed by atoms with E-state index in [0.29, 0.717) is 6.04 Å². The minimum atomic E-state index is 0.648. The first-order valence-electron chi connectivity index (χ1n) is 6.30. The van der Waals surface area contributed by atoms with Crippen LogP contribution in [-0.2, 0) is 0 Å². The van der Waals surface area contributed by atoms with Crippen LogP contribution < -0.4 is 10.2 Å². The van der Waals surface area contributed by atoms with Crippen LogP contribution >= 0.6 is 0 Å². The molecule has 0 spiro atoms. The highest BCUT2D eigenvalue weighted by Crippen LogP contribution is 2.10. The van der Waals surface area contributed by atoms with E-state index in [-0.39, 0.29) is 0 Å². The van der Waals surface area contributed by atoms with E-state index < -0.39 is 0 Å². The molecule has 1 N–H and O–H groups in total. The van der Waals surface area contributed by atoms with Gasteiger partial charge in [0.15, 0.2) is 0 Å². The van der Waals surface area contributed by atoms with E-state index in [1.165, 1.54) is 6.42 Å². The summed E-state index contributed by atoms with van der Waals surface area (Å²) < 4.78 is 0. The molecule has 1 unspecified atom stereocenters. The minimum absolute atomic E-state index is 0.648. The lowest BCUT2D eigenvalue weighted by atomic mass is 10.1. The van der Waals surface area contributed by atoms with Gasteiger partial charge < -0.3 is 15.1 Å². The zero-order valence-electron chi connectivity index (χ0n) is 10.8. The Balaban J connectivity index is 1.81. The summed E-state index contributed by atoms with van der Waals surface area (Å²) in [5, 5.41) is 3.45. The Kier molecular flexibility index (Phi) is 4.34. The summed E-state index contributed by atoms with van der Waals surface area (Å²) in [6.45, 7) is 4.42. The summed E-state index contributed by atoms with van der Waals surface area (Å²) in [5.41, 5.74) is 0. The van der Waals surface area contributed by atoms with Crippen LogP contribution in [0.4, 0.5) is 5.82 Å². The van der Waals surface area contributed by atoms with Gasteiger partial charge in [-0.25, -0.2) is 4.98 Å². The minimum Gasteiger partial charge on any atom is -0.360 e. The first-order valence-corrected chi connectivity index (χ1v) is 6.30.